The molecule has 0 radical (unpaired) electrons. The molecule has 3 rings (SSSR count). The molecule has 0 aliphatic rings. The van der Waals surface area contributed by atoms with Crippen molar-refractivity contribution in [2.24, 2.45) is 0 Å². The number of fused-ring (bicyclic) bond motifs is 1. The van der Waals surface area contributed by atoms with Crippen LogP contribution in [0.1, 0.15) is 15.9 Å². The fraction of sp³-hybridized carbons (Fsp3) is 0.0588. The number of hydrogen-bond donors (Lipinski definition) is 1. The van der Waals surface area contributed by atoms with Gasteiger partial charge in [-0.3, -0.25) is 9.78 Å². The SMILES string of the molecule is Nc1ccc(CC(=O)c2cccc3ccncc23)cc1. The monoisotopic (exact) mass is 262 g/mol. The summed E-state index contributed by atoms with van der Waals surface area (Å²) in [5, 5.41) is 1.93. The minimum Gasteiger partial charge on any atom is -0.399 e. The number of rotatable bonds is 3. The molecule has 2 N–H and O–H groups in total. The third kappa shape index (κ3) is 2.38. The molecule has 0 aliphatic heterocycles. The molecular weight excluding hydrogens is 248 g/mol. The lowest BCUT2D eigenvalue weighted by Gasteiger charge is -2.06. The highest BCUT2D eigenvalue weighted by Crippen LogP contribution is 2.19. The van der Waals surface area contributed by atoms with E-state index >= 15 is 0 Å². The molecule has 3 aromatic rings. The molecule has 20 heavy (non-hydrogen) atoms. The quantitative estimate of drug-likeness (QED) is 0.582. The van der Waals surface area contributed by atoms with Gasteiger partial charge in [-0.15, -0.1) is 0 Å². The Kier molecular flexibility index (Phi) is 3.17. The van der Waals surface area contributed by atoms with E-state index in [1.54, 1.807) is 12.4 Å². The van der Waals surface area contributed by atoms with Crippen LogP contribution in [0.3, 0.4) is 0 Å². The van der Waals surface area contributed by atoms with Gasteiger partial charge in [0, 0.05) is 35.5 Å². The van der Waals surface area contributed by atoms with E-state index in [2.05, 4.69) is 4.98 Å². The average molecular weight is 262 g/mol. The first-order chi connectivity index (χ1) is 9.74. The van der Waals surface area contributed by atoms with Crippen molar-refractivity contribution in [2.45, 2.75) is 6.42 Å². The van der Waals surface area contributed by atoms with Crippen LogP contribution >= 0.6 is 0 Å². The van der Waals surface area contributed by atoms with Gasteiger partial charge in [0.1, 0.15) is 0 Å². The predicted octanol–water partition coefficient (Wildman–Crippen LogP) is 3.24. The minimum atomic E-state index is 0.0911. The molecule has 3 nitrogen and oxygen atoms in total. The number of anilines is 1. The molecule has 0 saturated heterocycles. The second kappa shape index (κ2) is 5.13. The van der Waals surface area contributed by atoms with Crippen LogP contribution in [-0.4, -0.2) is 10.8 Å². The molecule has 2 aromatic carbocycles. The Morgan fingerprint density at radius 3 is 2.65 bits per heavy atom. The van der Waals surface area contributed by atoms with Crippen molar-refractivity contribution in [3.8, 4) is 0 Å². The summed E-state index contributed by atoms with van der Waals surface area (Å²) in [6, 6.07) is 15.0. The molecule has 1 aromatic heterocycles. The van der Waals surface area contributed by atoms with E-state index in [0.29, 0.717) is 17.7 Å². The van der Waals surface area contributed by atoms with Crippen LogP contribution in [-0.2, 0) is 6.42 Å². The summed E-state index contributed by atoms with van der Waals surface area (Å²) in [7, 11) is 0. The van der Waals surface area contributed by atoms with E-state index in [9.17, 15) is 4.79 Å². The Labute approximate surface area is 117 Å². The fourth-order valence-electron chi connectivity index (χ4n) is 2.27. The Morgan fingerprint density at radius 1 is 1.05 bits per heavy atom. The Balaban J connectivity index is 1.94. The summed E-state index contributed by atoms with van der Waals surface area (Å²) >= 11 is 0. The summed E-state index contributed by atoms with van der Waals surface area (Å²) in [5.74, 6) is 0.0911. The highest BCUT2D eigenvalue weighted by atomic mass is 16.1. The first-order valence-electron chi connectivity index (χ1n) is 6.44. The maximum atomic E-state index is 12.5. The van der Waals surface area contributed by atoms with Gasteiger partial charge >= 0.3 is 0 Å². The van der Waals surface area contributed by atoms with Crippen molar-refractivity contribution in [3.63, 3.8) is 0 Å². The van der Waals surface area contributed by atoms with Gasteiger partial charge in [-0.2, -0.15) is 0 Å². The summed E-state index contributed by atoms with van der Waals surface area (Å²) in [5.41, 5.74) is 8.03. The number of nitrogens with zero attached hydrogens (tertiary/aromatic N) is 1. The number of ketones is 1. The topological polar surface area (TPSA) is 56.0 Å². The highest BCUT2D eigenvalue weighted by molar-refractivity contribution is 6.08. The van der Waals surface area contributed by atoms with E-state index in [1.807, 2.05) is 48.5 Å². The largest absolute Gasteiger partial charge is 0.399 e. The second-order valence-electron chi connectivity index (χ2n) is 4.74. The molecule has 3 heteroatoms. The van der Waals surface area contributed by atoms with E-state index in [-0.39, 0.29) is 5.78 Å². The van der Waals surface area contributed by atoms with Crippen molar-refractivity contribution in [1.82, 2.24) is 4.98 Å². The fourth-order valence-corrected chi connectivity index (χ4v) is 2.27. The predicted molar refractivity (Wildman–Crippen MR) is 80.6 cm³/mol. The molecule has 98 valence electrons. The van der Waals surface area contributed by atoms with E-state index in [4.69, 9.17) is 5.73 Å². The third-order valence-corrected chi connectivity index (χ3v) is 3.33. The molecule has 0 atom stereocenters. The maximum Gasteiger partial charge on any atom is 0.167 e. The number of hydrogen-bond acceptors (Lipinski definition) is 3. The number of carbonyl (C=O) groups is 1. The molecule has 0 unspecified atom stereocenters. The van der Waals surface area contributed by atoms with Gasteiger partial charge in [0.2, 0.25) is 0 Å². The lowest BCUT2D eigenvalue weighted by Crippen LogP contribution is -2.04. The van der Waals surface area contributed by atoms with Crippen LogP contribution in [0.4, 0.5) is 5.69 Å². The van der Waals surface area contributed by atoms with Gasteiger partial charge in [-0.1, -0.05) is 30.3 Å². The normalized spacial score (nSPS) is 10.6. The van der Waals surface area contributed by atoms with Crippen molar-refractivity contribution in [1.29, 1.82) is 0 Å². The van der Waals surface area contributed by atoms with Gasteiger partial charge in [-0.05, 0) is 29.1 Å². The van der Waals surface area contributed by atoms with Crippen LogP contribution in [0.25, 0.3) is 10.8 Å². The Morgan fingerprint density at radius 2 is 1.85 bits per heavy atom. The van der Waals surface area contributed by atoms with Gasteiger partial charge in [0.25, 0.3) is 0 Å². The Hall–Kier alpha value is -2.68. The van der Waals surface area contributed by atoms with Crippen LogP contribution in [0.2, 0.25) is 0 Å². The molecule has 0 amide bonds. The number of nitrogens with two attached hydrogens (primary N) is 1. The number of nitrogen functional groups attached to an aromatic ring is 1. The van der Waals surface area contributed by atoms with E-state index < -0.39 is 0 Å². The lowest BCUT2D eigenvalue weighted by molar-refractivity contribution is 0.0994. The van der Waals surface area contributed by atoms with Gasteiger partial charge in [0.05, 0.1) is 0 Å². The molecule has 0 saturated carbocycles. The number of aromatic nitrogens is 1. The molecular formula is C17H14N2O. The zero-order chi connectivity index (χ0) is 13.9. The molecule has 0 fully saturated rings. The summed E-state index contributed by atoms with van der Waals surface area (Å²) in [4.78, 5) is 16.6. The van der Waals surface area contributed by atoms with Crippen LogP contribution in [0, 0.1) is 0 Å². The van der Waals surface area contributed by atoms with Crippen LogP contribution in [0.15, 0.2) is 60.9 Å². The van der Waals surface area contributed by atoms with Gasteiger partial charge in [-0.25, -0.2) is 0 Å². The highest BCUT2D eigenvalue weighted by Gasteiger charge is 2.10. The summed E-state index contributed by atoms with van der Waals surface area (Å²) < 4.78 is 0. The number of benzene rings is 2. The zero-order valence-corrected chi connectivity index (χ0v) is 10.9. The molecule has 0 aliphatic carbocycles. The van der Waals surface area contributed by atoms with Crippen molar-refractivity contribution in [3.05, 3.63) is 72.1 Å². The lowest BCUT2D eigenvalue weighted by atomic mass is 9.98. The summed E-state index contributed by atoms with van der Waals surface area (Å²) in [6.07, 6.45) is 3.84. The molecule has 1 heterocycles. The first-order valence-corrected chi connectivity index (χ1v) is 6.44. The van der Waals surface area contributed by atoms with E-state index in [1.165, 1.54) is 0 Å². The first kappa shape index (κ1) is 12.4. The second-order valence-corrected chi connectivity index (χ2v) is 4.74. The van der Waals surface area contributed by atoms with E-state index in [0.717, 1.165) is 16.3 Å². The Bertz CT molecular complexity index is 758. The smallest absolute Gasteiger partial charge is 0.167 e. The molecule has 0 bridgehead atoms. The third-order valence-electron chi connectivity index (χ3n) is 3.33. The number of pyridine rings is 1. The molecule has 0 spiro atoms. The average Bonchev–Trinajstić information content (AvgIpc) is 2.49. The van der Waals surface area contributed by atoms with Crippen molar-refractivity contribution in [2.75, 3.05) is 5.73 Å². The standard InChI is InChI=1S/C17H14N2O/c18-14-6-4-12(5-7-14)10-17(20)15-3-1-2-13-8-9-19-11-16(13)15/h1-9,11H,10,18H2. The van der Waals surface area contributed by atoms with Crippen LogP contribution < -0.4 is 5.73 Å². The maximum absolute atomic E-state index is 12.5. The number of Topliss-reactive ketones (excluding diaryl/α,β-unsaturated/α-hetero) is 1. The number of carbonyl (C=O) groups excluding carboxylic acids is 1. The van der Waals surface area contributed by atoms with Crippen LogP contribution in [0.5, 0.6) is 0 Å². The van der Waals surface area contributed by atoms with Gasteiger partial charge < -0.3 is 5.73 Å². The van der Waals surface area contributed by atoms with Gasteiger partial charge in [0.15, 0.2) is 5.78 Å². The van der Waals surface area contributed by atoms with Crippen molar-refractivity contribution >= 4 is 22.2 Å². The summed E-state index contributed by atoms with van der Waals surface area (Å²) in [6.45, 7) is 0. The van der Waals surface area contributed by atoms with Crippen molar-refractivity contribution < 1.29 is 4.79 Å². The minimum absolute atomic E-state index is 0.0911. The zero-order valence-electron chi connectivity index (χ0n) is 10.9.